The van der Waals surface area contributed by atoms with Crippen LogP contribution in [0.3, 0.4) is 0 Å². The normalized spacial score (nSPS) is 17.2. The van der Waals surface area contributed by atoms with Crippen LogP contribution in [-0.4, -0.2) is 51.9 Å². The summed E-state index contributed by atoms with van der Waals surface area (Å²) in [7, 11) is 0. The minimum atomic E-state index is -0.368. The van der Waals surface area contributed by atoms with Crippen LogP contribution in [0.25, 0.3) is 10.2 Å². The molecule has 0 saturated carbocycles. The van der Waals surface area contributed by atoms with E-state index in [-0.39, 0.29) is 29.7 Å². The second kappa shape index (κ2) is 9.06. The number of nitrogens with zero attached hydrogens (tertiary/aromatic N) is 3. The maximum Gasteiger partial charge on any atom is 0.270 e. The first-order chi connectivity index (χ1) is 16.4. The molecule has 0 aliphatic carbocycles. The number of benzene rings is 2. The van der Waals surface area contributed by atoms with Crippen molar-refractivity contribution in [1.29, 1.82) is 0 Å². The van der Waals surface area contributed by atoms with Gasteiger partial charge in [0.15, 0.2) is 0 Å². The lowest BCUT2D eigenvalue weighted by Crippen LogP contribution is -2.55. The lowest BCUT2D eigenvalue weighted by molar-refractivity contribution is 0.0409. The Morgan fingerprint density at radius 3 is 2.44 bits per heavy atom. The van der Waals surface area contributed by atoms with Crippen LogP contribution >= 0.6 is 11.3 Å². The molecular formula is C27H26FN3O2S. The summed E-state index contributed by atoms with van der Waals surface area (Å²) in [5, 5.41) is 3.11. The molecule has 1 saturated heterocycles. The molecule has 0 spiro atoms. The van der Waals surface area contributed by atoms with Gasteiger partial charge in [0.25, 0.3) is 11.8 Å². The van der Waals surface area contributed by atoms with Crippen LogP contribution in [0.1, 0.15) is 46.3 Å². The quantitative estimate of drug-likeness (QED) is 0.395. The summed E-state index contributed by atoms with van der Waals surface area (Å²) in [6.07, 6.45) is 0. The molecule has 0 unspecified atom stereocenters. The Hall–Kier alpha value is -3.45. The van der Waals surface area contributed by atoms with Gasteiger partial charge in [-0.1, -0.05) is 30.3 Å². The number of carbonyl (C=O) groups excluding carboxylic acids is 2. The van der Waals surface area contributed by atoms with E-state index in [0.717, 1.165) is 15.8 Å². The number of thiophene rings is 1. The molecule has 34 heavy (non-hydrogen) atoms. The summed E-state index contributed by atoms with van der Waals surface area (Å²) >= 11 is 1.64. The molecule has 2 aromatic carbocycles. The van der Waals surface area contributed by atoms with Crippen molar-refractivity contribution in [2.45, 2.75) is 25.9 Å². The molecule has 0 radical (unpaired) electrons. The van der Waals surface area contributed by atoms with Crippen LogP contribution in [0.2, 0.25) is 0 Å². The second-order valence-corrected chi connectivity index (χ2v) is 9.67. The van der Waals surface area contributed by atoms with Crippen molar-refractivity contribution in [3.05, 3.63) is 94.7 Å². The second-order valence-electron chi connectivity index (χ2n) is 8.77. The Morgan fingerprint density at radius 2 is 1.74 bits per heavy atom. The number of halogens is 1. The van der Waals surface area contributed by atoms with Gasteiger partial charge >= 0.3 is 0 Å². The molecule has 2 amide bonds. The maximum absolute atomic E-state index is 13.7. The zero-order valence-corrected chi connectivity index (χ0v) is 20.0. The molecular weight excluding hydrogens is 449 g/mol. The first-order valence-electron chi connectivity index (χ1n) is 11.4. The van der Waals surface area contributed by atoms with Crippen molar-refractivity contribution in [3.8, 4) is 0 Å². The lowest BCUT2D eigenvalue weighted by Gasteiger charge is -2.40. The number of amides is 2. The highest BCUT2D eigenvalue weighted by atomic mass is 32.1. The number of hydrogen-bond acceptors (Lipinski definition) is 3. The summed E-state index contributed by atoms with van der Waals surface area (Å²) in [5.41, 5.74) is 2.27. The van der Waals surface area contributed by atoms with Gasteiger partial charge in [-0.2, -0.15) is 0 Å². The molecule has 1 aliphatic rings. The standard InChI is InChI=1S/C27H26FN3O2S/c1-18-17-29(13-14-30(18)25(32)21-8-10-23(28)11-9-21)26(33)24-16-22-12-15-34-27(22)31(24)19(2)20-6-4-3-5-7-20/h3-12,15-16,18-19H,13-14,17H2,1-2H3/t18-,19+/m1/s1. The fourth-order valence-corrected chi connectivity index (χ4v) is 5.71. The number of rotatable bonds is 4. The van der Waals surface area contributed by atoms with Crippen molar-refractivity contribution in [1.82, 2.24) is 14.4 Å². The number of piperazine rings is 1. The fraction of sp³-hybridized carbons (Fsp3) is 0.259. The first kappa shape index (κ1) is 22.3. The summed E-state index contributed by atoms with van der Waals surface area (Å²) in [6, 6.07) is 19.7. The van der Waals surface area contributed by atoms with E-state index in [1.165, 1.54) is 24.3 Å². The SMILES string of the molecule is C[C@@H]1CN(C(=O)c2cc3ccsc3n2[C@@H](C)c2ccccc2)CCN1C(=O)c1ccc(F)cc1. The molecule has 174 valence electrons. The average molecular weight is 476 g/mol. The molecule has 5 nitrogen and oxygen atoms in total. The molecule has 7 heteroatoms. The maximum atomic E-state index is 13.7. The molecule has 0 N–H and O–H groups in total. The molecule has 4 aromatic rings. The molecule has 1 fully saturated rings. The third-order valence-corrected chi connectivity index (χ3v) is 7.53. The van der Waals surface area contributed by atoms with Crippen LogP contribution in [0.5, 0.6) is 0 Å². The van der Waals surface area contributed by atoms with Gasteiger partial charge in [-0.05, 0) is 61.2 Å². The van der Waals surface area contributed by atoms with Gasteiger partial charge in [-0.15, -0.1) is 11.3 Å². The highest BCUT2D eigenvalue weighted by Gasteiger charge is 2.32. The van der Waals surface area contributed by atoms with Crippen molar-refractivity contribution in [2.75, 3.05) is 19.6 Å². The Kier molecular flexibility index (Phi) is 5.96. The van der Waals surface area contributed by atoms with Crippen LogP contribution in [-0.2, 0) is 0 Å². The zero-order valence-electron chi connectivity index (χ0n) is 19.1. The number of aromatic nitrogens is 1. The number of hydrogen-bond donors (Lipinski definition) is 0. The monoisotopic (exact) mass is 475 g/mol. The van der Waals surface area contributed by atoms with Crippen LogP contribution in [0, 0.1) is 5.82 Å². The summed E-state index contributed by atoms with van der Waals surface area (Å²) in [4.78, 5) is 31.4. The van der Waals surface area contributed by atoms with Gasteiger partial charge in [-0.25, -0.2) is 4.39 Å². The Bertz CT molecular complexity index is 1330. The molecule has 1 aliphatic heterocycles. The zero-order chi connectivity index (χ0) is 23.8. The third-order valence-electron chi connectivity index (χ3n) is 6.60. The Balaban J connectivity index is 1.39. The number of fused-ring (bicyclic) bond motifs is 1. The van der Waals surface area contributed by atoms with Gasteiger partial charge in [0.2, 0.25) is 0 Å². The average Bonchev–Trinajstić information content (AvgIpc) is 3.45. The van der Waals surface area contributed by atoms with Crippen molar-refractivity contribution >= 4 is 33.4 Å². The summed E-state index contributed by atoms with van der Waals surface area (Å²) in [5.74, 6) is -0.527. The van der Waals surface area contributed by atoms with E-state index in [2.05, 4.69) is 29.0 Å². The predicted octanol–water partition coefficient (Wildman–Crippen LogP) is 5.44. The van der Waals surface area contributed by atoms with E-state index in [0.29, 0.717) is 30.9 Å². The third kappa shape index (κ3) is 4.01. The molecule has 3 heterocycles. The van der Waals surface area contributed by atoms with Crippen molar-refractivity contribution in [3.63, 3.8) is 0 Å². The smallest absolute Gasteiger partial charge is 0.270 e. The molecule has 5 rings (SSSR count). The minimum absolute atomic E-state index is 0.00932. The van der Waals surface area contributed by atoms with E-state index in [1.807, 2.05) is 42.2 Å². The topological polar surface area (TPSA) is 45.6 Å². The Labute approximate surface area is 202 Å². The minimum Gasteiger partial charge on any atom is -0.334 e. The molecule has 2 aromatic heterocycles. The van der Waals surface area contributed by atoms with E-state index < -0.39 is 0 Å². The van der Waals surface area contributed by atoms with E-state index in [4.69, 9.17) is 0 Å². The van der Waals surface area contributed by atoms with Crippen LogP contribution < -0.4 is 0 Å². The van der Waals surface area contributed by atoms with Crippen molar-refractivity contribution < 1.29 is 14.0 Å². The molecule has 2 atom stereocenters. The lowest BCUT2D eigenvalue weighted by atomic mass is 10.1. The molecule has 0 bridgehead atoms. The van der Waals surface area contributed by atoms with E-state index >= 15 is 0 Å². The predicted molar refractivity (Wildman–Crippen MR) is 133 cm³/mol. The van der Waals surface area contributed by atoms with E-state index in [1.54, 1.807) is 16.2 Å². The van der Waals surface area contributed by atoms with Gasteiger partial charge in [0, 0.05) is 36.6 Å². The van der Waals surface area contributed by atoms with Gasteiger partial charge in [-0.3, -0.25) is 9.59 Å². The first-order valence-corrected chi connectivity index (χ1v) is 12.3. The van der Waals surface area contributed by atoms with Crippen LogP contribution in [0.15, 0.2) is 72.1 Å². The number of carbonyl (C=O) groups is 2. The Morgan fingerprint density at radius 1 is 1.00 bits per heavy atom. The van der Waals surface area contributed by atoms with Crippen molar-refractivity contribution in [2.24, 2.45) is 0 Å². The van der Waals surface area contributed by atoms with Crippen LogP contribution in [0.4, 0.5) is 4.39 Å². The highest BCUT2D eigenvalue weighted by molar-refractivity contribution is 7.16. The van der Waals surface area contributed by atoms with E-state index in [9.17, 15) is 14.0 Å². The van der Waals surface area contributed by atoms with Gasteiger partial charge in [0.1, 0.15) is 16.3 Å². The largest absolute Gasteiger partial charge is 0.334 e. The van der Waals surface area contributed by atoms with Gasteiger partial charge in [0.05, 0.1) is 6.04 Å². The summed E-state index contributed by atoms with van der Waals surface area (Å²) < 4.78 is 15.4. The highest BCUT2D eigenvalue weighted by Crippen LogP contribution is 2.32. The summed E-state index contributed by atoms with van der Waals surface area (Å²) in [6.45, 7) is 5.41. The van der Waals surface area contributed by atoms with Gasteiger partial charge < -0.3 is 14.4 Å². The fourth-order valence-electron chi connectivity index (χ4n) is 4.74.